The molecular weight excluding hydrogens is 622 g/mol. The zero-order chi connectivity index (χ0) is 33.3. The van der Waals surface area contributed by atoms with Crippen molar-refractivity contribution in [2.75, 3.05) is 23.7 Å². The molecule has 2 bridgehead atoms. The number of nitrogens with one attached hydrogen (secondary N) is 2. The number of nitrogens with zero attached hydrogens (tertiary/aromatic N) is 2. The van der Waals surface area contributed by atoms with Gasteiger partial charge in [0.25, 0.3) is 0 Å². The summed E-state index contributed by atoms with van der Waals surface area (Å²) in [5.74, 6) is 0.885. The maximum absolute atomic E-state index is 13.3. The average molecular weight is 655 g/mol. The van der Waals surface area contributed by atoms with Crippen LogP contribution in [0.2, 0.25) is 0 Å². The summed E-state index contributed by atoms with van der Waals surface area (Å²) in [7, 11) is 0. The van der Waals surface area contributed by atoms with Crippen molar-refractivity contribution in [1.82, 2.24) is 9.88 Å². The largest absolute Gasteiger partial charge is 0.416 e. The first-order valence-electron chi connectivity index (χ1n) is 15.2. The molecule has 0 radical (unpaired) electrons. The predicted molar refractivity (Wildman–Crippen MR) is 167 cm³/mol. The highest BCUT2D eigenvalue weighted by Gasteiger charge is 2.43. The summed E-state index contributed by atoms with van der Waals surface area (Å²) in [6, 6.07) is 16.6. The van der Waals surface area contributed by atoms with Crippen molar-refractivity contribution in [3.8, 4) is 0 Å². The van der Waals surface area contributed by atoms with Gasteiger partial charge in [-0.25, -0.2) is 4.79 Å². The fraction of sp³-hybridized carbons (Fsp3) is 0.314. The van der Waals surface area contributed by atoms with Crippen molar-refractivity contribution in [2.24, 2.45) is 11.8 Å². The number of aromatic nitrogens is 1. The topological polar surface area (TPSA) is 66.5 Å². The Labute approximate surface area is 267 Å². The van der Waals surface area contributed by atoms with E-state index in [4.69, 9.17) is 4.74 Å². The number of alkyl halides is 6. The van der Waals surface area contributed by atoms with Crippen molar-refractivity contribution in [1.29, 1.82) is 0 Å². The lowest BCUT2D eigenvalue weighted by atomic mass is 9.73. The summed E-state index contributed by atoms with van der Waals surface area (Å²) in [4.78, 5) is 19.8. The molecule has 3 saturated heterocycles. The van der Waals surface area contributed by atoms with E-state index < -0.39 is 35.2 Å². The van der Waals surface area contributed by atoms with Crippen LogP contribution in [0.25, 0.3) is 10.9 Å². The number of ether oxygens (including phenoxy) is 1. The van der Waals surface area contributed by atoms with Crippen LogP contribution in [0.1, 0.15) is 41.2 Å². The standard InChI is InChI=1S/C35H32F6N4O2/c1-2-22-19-45-13-11-23(22)14-31(45)32(47-20-21-6-4-3-5-7-21)28-10-12-42-30-9-8-26(18-29(28)30)43-33(46)44-27-16-24(34(36,37)38)15-25(17-27)35(39,40)41/h2-10,12,15-18,22-23,31-32H,1,11,13-14,19-20H2,(H2,43,44,46)/t22-,23?,31-,32-/m1/s1. The van der Waals surface area contributed by atoms with Gasteiger partial charge in [0.05, 0.1) is 29.4 Å². The van der Waals surface area contributed by atoms with E-state index in [-0.39, 0.29) is 23.9 Å². The number of hydrogen-bond donors (Lipinski definition) is 2. The fourth-order valence-corrected chi connectivity index (χ4v) is 6.67. The molecule has 47 heavy (non-hydrogen) atoms. The molecule has 1 aromatic heterocycles. The van der Waals surface area contributed by atoms with Gasteiger partial charge in [0.2, 0.25) is 0 Å². The molecule has 12 heteroatoms. The summed E-state index contributed by atoms with van der Waals surface area (Å²) in [5, 5.41) is 5.35. The summed E-state index contributed by atoms with van der Waals surface area (Å²) >= 11 is 0. The number of benzene rings is 3. The number of anilines is 2. The lowest BCUT2D eigenvalue weighted by molar-refractivity contribution is -0.143. The third-order valence-corrected chi connectivity index (χ3v) is 8.96. The molecule has 6 nitrogen and oxygen atoms in total. The second kappa shape index (κ2) is 13.0. The Balaban J connectivity index is 1.29. The van der Waals surface area contributed by atoms with Crippen molar-refractivity contribution in [3.05, 3.63) is 114 Å². The Morgan fingerprint density at radius 2 is 1.66 bits per heavy atom. The fourth-order valence-electron chi connectivity index (χ4n) is 6.67. The van der Waals surface area contributed by atoms with E-state index in [0.29, 0.717) is 41.5 Å². The molecule has 3 aliphatic heterocycles. The number of piperidine rings is 3. The predicted octanol–water partition coefficient (Wildman–Crippen LogP) is 9.07. The molecule has 2 amide bonds. The van der Waals surface area contributed by atoms with Crippen LogP contribution in [-0.4, -0.2) is 35.0 Å². The molecule has 3 fully saturated rings. The lowest BCUT2D eigenvalue weighted by Crippen LogP contribution is -2.55. The van der Waals surface area contributed by atoms with Gasteiger partial charge in [-0.3, -0.25) is 9.88 Å². The van der Waals surface area contributed by atoms with Gasteiger partial charge in [-0.1, -0.05) is 36.4 Å². The minimum Gasteiger partial charge on any atom is -0.367 e. The number of fused-ring (bicyclic) bond motifs is 4. The summed E-state index contributed by atoms with van der Waals surface area (Å²) in [6.45, 7) is 6.22. The summed E-state index contributed by atoms with van der Waals surface area (Å²) in [5.41, 5.74) is -0.940. The normalized spacial score (nSPS) is 21.7. The van der Waals surface area contributed by atoms with Gasteiger partial charge in [0, 0.05) is 35.5 Å². The van der Waals surface area contributed by atoms with Crippen LogP contribution in [0.15, 0.2) is 91.6 Å². The van der Waals surface area contributed by atoms with E-state index in [1.807, 2.05) is 42.5 Å². The van der Waals surface area contributed by atoms with Crippen LogP contribution in [-0.2, 0) is 23.7 Å². The Hall–Kier alpha value is -4.42. The molecule has 2 unspecified atom stereocenters. The number of hydrogen-bond acceptors (Lipinski definition) is 4. The third-order valence-electron chi connectivity index (χ3n) is 8.96. The minimum absolute atomic E-state index is 0.00345. The first kappa shape index (κ1) is 32.5. The smallest absolute Gasteiger partial charge is 0.367 e. The van der Waals surface area contributed by atoms with Gasteiger partial charge in [-0.15, -0.1) is 6.58 Å². The molecule has 0 saturated carbocycles. The first-order chi connectivity index (χ1) is 22.4. The number of pyridine rings is 1. The molecule has 5 atom stereocenters. The van der Waals surface area contributed by atoms with Crippen LogP contribution in [0.3, 0.4) is 0 Å². The average Bonchev–Trinajstić information content (AvgIpc) is 3.04. The van der Waals surface area contributed by atoms with Crippen LogP contribution in [0.5, 0.6) is 0 Å². The summed E-state index contributed by atoms with van der Waals surface area (Å²) < 4.78 is 86.6. The quantitative estimate of drug-likeness (QED) is 0.147. The second-order valence-corrected chi connectivity index (χ2v) is 12.0. The van der Waals surface area contributed by atoms with Crippen molar-refractivity contribution in [2.45, 2.75) is 43.9 Å². The number of carbonyl (C=O) groups excluding carboxylic acids is 1. The maximum Gasteiger partial charge on any atom is 0.416 e. The Kier molecular flexibility index (Phi) is 8.99. The monoisotopic (exact) mass is 654 g/mol. The van der Waals surface area contributed by atoms with Gasteiger partial charge in [0.1, 0.15) is 0 Å². The highest BCUT2D eigenvalue weighted by Crippen LogP contribution is 2.44. The Morgan fingerprint density at radius 1 is 0.957 bits per heavy atom. The van der Waals surface area contributed by atoms with Gasteiger partial charge < -0.3 is 15.4 Å². The molecule has 2 N–H and O–H groups in total. The molecule has 3 aliphatic rings. The zero-order valence-corrected chi connectivity index (χ0v) is 25.1. The Morgan fingerprint density at radius 3 is 2.30 bits per heavy atom. The first-order valence-corrected chi connectivity index (χ1v) is 15.2. The van der Waals surface area contributed by atoms with Crippen molar-refractivity contribution in [3.63, 3.8) is 0 Å². The SMILES string of the molecule is C=C[C@@H]1CN2CCC1C[C@@H]2[C@H](OCc1ccccc1)c1ccnc2ccc(NC(=O)Nc3cc(C(F)(F)F)cc(C(F)(F)F)c3)cc12. The molecule has 0 aliphatic carbocycles. The van der Waals surface area contributed by atoms with E-state index in [0.717, 1.165) is 37.1 Å². The van der Waals surface area contributed by atoms with E-state index in [2.05, 4.69) is 27.1 Å². The lowest BCUT2D eigenvalue weighted by Gasteiger charge is -2.51. The molecule has 3 aromatic carbocycles. The molecule has 4 heterocycles. The molecule has 0 spiro atoms. The second-order valence-electron chi connectivity index (χ2n) is 12.0. The third kappa shape index (κ3) is 7.28. The number of urea groups is 1. The van der Waals surface area contributed by atoms with Crippen LogP contribution >= 0.6 is 0 Å². The van der Waals surface area contributed by atoms with Gasteiger partial charge in [-0.2, -0.15) is 26.3 Å². The van der Waals surface area contributed by atoms with Gasteiger partial charge in [0.15, 0.2) is 0 Å². The van der Waals surface area contributed by atoms with Gasteiger partial charge >= 0.3 is 18.4 Å². The van der Waals surface area contributed by atoms with Crippen LogP contribution in [0, 0.1) is 11.8 Å². The molecule has 4 aromatic rings. The maximum atomic E-state index is 13.3. The minimum atomic E-state index is -5.05. The summed E-state index contributed by atoms with van der Waals surface area (Å²) in [6.07, 6.45) is -4.73. The van der Waals surface area contributed by atoms with E-state index in [1.165, 1.54) is 0 Å². The number of carbonyl (C=O) groups is 1. The van der Waals surface area contributed by atoms with E-state index >= 15 is 0 Å². The van der Waals surface area contributed by atoms with Crippen LogP contribution < -0.4 is 10.6 Å². The van der Waals surface area contributed by atoms with E-state index in [1.54, 1.807) is 24.4 Å². The number of rotatable bonds is 8. The van der Waals surface area contributed by atoms with Crippen molar-refractivity contribution < 1.29 is 35.9 Å². The highest BCUT2D eigenvalue weighted by atomic mass is 19.4. The zero-order valence-electron chi connectivity index (χ0n) is 25.1. The van der Waals surface area contributed by atoms with E-state index in [9.17, 15) is 31.1 Å². The molecule has 246 valence electrons. The molecular formula is C35H32F6N4O2. The number of amides is 2. The Bertz CT molecular complexity index is 1730. The molecule has 7 rings (SSSR count). The highest BCUT2D eigenvalue weighted by molar-refractivity contribution is 6.01. The van der Waals surface area contributed by atoms with Crippen LogP contribution in [0.4, 0.5) is 42.5 Å². The van der Waals surface area contributed by atoms with Crippen molar-refractivity contribution >= 4 is 28.3 Å². The van der Waals surface area contributed by atoms with Gasteiger partial charge in [-0.05, 0) is 84.8 Å². The number of halogens is 6.